The zero-order chi connectivity index (χ0) is 18.9. The van der Waals surface area contributed by atoms with Crippen molar-refractivity contribution in [3.8, 4) is 11.5 Å². The number of rotatable bonds is 4. The third kappa shape index (κ3) is 2.92. The van der Waals surface area contributed by atoms with Crippen LogP contribution in [0.4, 0.5) is 23.2 Å². The van der Waals surface area contributed by atoms with Crippen LogP contribution in [0.25, 0.3) is 10.4 Å². The lowest BCUT2D eigenvalue weighted by atomic mass is 10.2. The summed E-state index contributed by atoms with van der Waals surface area (Å²) in [5, 5.41) is 12.0. The Morgan fingerprint density at radius 3 is 2.12 bits per heavy atom. The smallest absolute Gasteiger partial charge is 0.212 e. The summed E-state index contributed by atoms with van der Waals surface area (Å²) < 4.78 is 84.9. The summed E-state index contributed by atoms with van der Waals surface area (Å²) in [5.74, 6) is -9.71. The van der Waals surface area contributed by atoms with Crippen LogP contribution in [0.1, 0.15) is 0 Å². The molecule has 0 saturated heterocycles. The van der Waals surface area contributed by atoms with Crippen molar-refractivity contribution in [1.29, 1.82) is 0 Å². The minimum Gasteiger partial charge on any atom is -0.504 e. The molecule has 2 aromatic rings. The highest BCUT2D eigenvalue weighted by molar-refractivity contribution is 7.91. The molecule has 0 unspecified atom stereocenters. The fraction of sp³-hybridized carbons (Fsp3) is 0.0769. The number of hydrogen-bond donors (Lipinski definition) is 1. The maximum atomic E-state index is 14.0. The van der Waals surface area contributed by atoms with Crippen molar-refractivity contribution in [1.82, 2.24) is 0 Å². The molecule has 2 aromatic carbocycles. The van der Waals surface area contributed by atoms with Crippen molar-refractivity contribution in [2.45, 2.75) is 9.79 Å². The molecular weight excluding hydrogens is 370 g/mol. The van der Waals surface area contributed by atoms with Gasteiger partial charge in [-0.1, -0.05) is 5.11 Å². The fourth-order valence-corrected chi connectivity index (χ4v) is 3.32. The van der Waals surface area contributed by atoms with Crippen molar-refractivity contribution < 1.29 is 35.8 Å². The Bertz CT molecular complexity index is 991. The number of nitrogens with zero attached hydrogens (tertiary/aromatic N) is 3. The molecule has 0 radical (unpaired) electrons. The van der Waals surface area contributed by atoms with Gasteiger partial charge in [0.25, 0.3) is 0 Å². The van der Waals surface area contributed by atoms with Gasteiger partial charge in [-0.25, -0.2) is 26.0 Å². The summed E-state index contributed by atoms with van der Waals surface area (Å²) >= 11 is 0. The summed E-state index contributed by atoms with van der Waals surface area (Å²) in [7, 11) is -3.94. The summed E-state index contributed by atoms with van der Waals surface area (Å²) in [6, 6.07) is 2.37. The molecule has 25 heavy (non-hydrogen) atoms. The third-order valence-electron chi connectivity index (χ3n) is 3.07. The highest BCUT2D eigenvalue weighted by Crippen LogP contribution is 2.37. The molecule has 1 N–H and O–H groups in total. The van der Waals surface area contributed by atoms with Crippen LogP contribution in [0, 0.1) is 23.3 Å². The molecule has 2 rings (SSSR count). The Labute approximate surface area is 137 Å². The summed E-state index contributed by atoms with van der Waals surface area (Å²) in [4.78, 5) is -0.769. The van der Waals surface area contributed by atoms with Crippen LogP contribution in [-0.2, 0) is 9.84 Å². The van der Waals surface area contributed by atoms with E-state index in [1.165, 1.54) is 7.11 Å². The van der Waals surface area contributed by atoms with E-state index in [1.807, 2.05) is 4.91 Å². The molecule has 0 heterocycles. The van der Waals surface area contributed by atoms with Crippen molar-refractivity contribution in [3.05, 3.63) is 51.9 Å². The van der Waals surface area contributed by atoms with Gasteiger partial charge in [0.15, 0.2) is 34.8 Å². The van der Waals surface area contributed by atoms with E-state index in [1.54, 1.807) is 0 Å². The van der Waals surface area contributed by atoms with Crippen LogP contribution in [0.5, 0.6) is 11.5 Å². The van der Waals surface area contributed by atoms with Crippen molar-refractivity contribution in [2.24, 2.45) is 5.11 Å². The number of sulfone groups is 1. The molecular formula is C13H7F4N3O4S. The van der Waals surface area contributed by atoms with Gasteiger partial charge in [0.05, 0.1) is 12.0 Å². The number of hydrogen-bond acceptors (Lipinski definition) is 5. The first-order valence-corrected chi connectivity index (χ1v) is 7.68. The molecule has 0 amide bonds. The van der Waals surface area contributed by atoms with E-state index in [9.17, 15) is 31.1 Å². The number of methoxy groups -OCH3 is 1. The average Bonchev–Trinajstić information content (AvgIpc) is 2.56. The molecule has 0 atom stereocenters. The molecule has 0 aliphatic heterocycles. The van der Waals surface area contributed by atoms with E-state index in [4.69, 9.17) is 5.53 Å². The van der Waals surface area contributed by atoms with Gasteiger partial charge in [-0.05, 0) is 17.7 Å². The monoisotopic (exact) mass is 377 g/mol. The van der Waals surface area contributed by atoms with Crippen LogP contribution in [-0.4, -0.2) is 20.6 Å². The third-order valence-corrected chi connectivity index (χ3v) is 4.84. The Kier molecular flexibility index (Phi) is 4.77. The quantitative estimate of drug-likeness (QED) is 0.288. The highest BCUT2D eigenvalue weighted by atomic mass is 32.2. The van der Waals surface area contributed by atoms with E-state index >= 15 is 0 Å². The number of aromatic hydroxyl groups is 1. The Morgan fingerprint density at radius 1 is 1.12 bits per heavy atom. The lowest BCUT2D eigenvalue weighted by Gasteiger charge is -2.11. The van der Waals surface area contributed by atoms with Gasteiger partial charge in [0.2, 0.25) is 9.84 Å². The number of azide groups is 1. The van der Waals surface area contributed by atoms with Crippen LogP contribution in [0.15, 0.2) is 33.1 Å². The molecule has 0 bridgehead atoms. The maximum Gasteiger partial charge on any atom is 0.212 e. The molecule has 0 aromatic heterocycles. The highest BCUT2D eigenvalue weighted by Gasteiger charge is 2.34. The van der Waals surface area contributed by atoms with Crippen LogP contribution in [0.3, 0.4) is 0 Å². The topological polar surface area (TPSA) is 112 Å². The van der Waals surface area contributed by atoms with Crippen LogP contribution < -0.4 is 4.74 Å². The van der Waals surface area contributed by atoms with E-state index in [-0.39, 0.29) is 5.75 Å². The second-order valence-corrected chi connectivity index (χ2v) is 6.35. The van der Waals surface area contributed by atoms with E-state index < -0.39 is 54.3 Å². The molecule has 0 saturated carbocycles. The first-order chi connectivity index (χ1) is 11.7. The Balaban J connectivity index is 2.81. The number of benzene rings is 2. The minimum atomic E-state index is -5.10. The summed E-state index contributed by atoms with van der Waals surface area (Å²) in [6.45, 7) is 0. The molecule has 0 aliphatic rings. The van der Waals surface area contributed by atoms with Gasteiger partial charge < -0.3 is 9.84 Å². The fourth-order valence-electron chi connectivity index (χ4n) is 1.92. The van der Waals surface area contributed by atoms with Crippen molar-refractivity contribution in [2.75, 3.05) is 7.11 Å². The van der Waals surface area contributed by atoms with E-state index in [0.717, 1.165) is 12.1 Å². The van der Waals surface area contributed by atoms with Crippen molar-refractivity contribution >= 4 is 15.5 Å². The Hall–Kier alpha value is -2.98. The van der Waals surface area contributed by atoms with Crippen molar-refractivity contribution in [3.63, 3.8) is 0 Å². The molecule has 7 nitrogen and oxygen atoms in total. The van der Waals surface area contributed by atoms with E-state index in [2.05, 4.69) is 9.85 Å². The molecule has 0 fully saturated rings. The number of phenolic OH excluding ortho intramolecular Hbond substituents is 1. The zero-order valence-electron chi connectivity index (χ0n) is 12.2. The second-order valence-electron chi connectivity index (χ2n) is 4.46. The van der Waals surface area contributed by atoms with Gasteiger partial charge in [0, 0.05) is 11.0 Å². The Morgan fingerprint density at radius 2 is 1.68 bits per heavy atom. The van der Waals surface area contributed by atoms with Gasteiger partial charge in [-0.2, -0.15) is 0 Å². The number of halogens is 4. The SMILES string of the molecule is COc1ccc(S(=O)(=O)c2c(F)c(F)c(N=[N+]=[N-])c(F)c2F)cc1O. The maximum absolute atomic E-state index is 14.0. The summed E-state index contributed by atoms with van der Waals surface area (Å²) in [5.41, 5.74) is 6.52. The van der Waals surface area contributed by atoms with Crippen LogP contribution in [0.2, 0.25) is 0 Å². The number of phenols is 1. The van der Waals surface area contributed by atoms with Gasteiger partial charge in [-0.3, -0.25) is 0 Å². The minimum absolute atomic E-state index is 0.143. The van der Waals surface area contributed by atoms with Gasteiger partial charge in [0.1, 0.15) is 10.6 Å². The van der Waals surface area contributed by atoms with Gasteiger partial charge in [-0.15, -0.1) is 0 Å². The lowest BCUT2D eigenvalue weighted by Crippen LogP contribution is -2.11. The predicted octanol–water partition coefficient (Wildman–Crippen LogP) is 3.73. The molecule has 132 valence electrons. The normalized spacial score (nSPS) is 11.1. The molecule has 12 heteroatoms. The number of ether oxygens (including phenoxy) is 1. The summed E-state index contributed by atoms with van der Waals surface area (Å²) in [6.07, 6.45) is 0. The largest absolute Gasteiger partial charge is 0.504 e. The first kappa shape index (κ1) is 18.4. The average molecular weight is 377 g/mol. The zero-order valence-corrected chi connectivity index (χ0v) is 13.0. The van der Waals surface area contributed by atoms with E-state index in [0.29, 0.717) is 6.07 Å². The molecule has 0 aliphatic carbocycles. The lowest BCUT2D eigenvalue weighted by molar-refractivity contribution is 0.372. The van der Waals surface area contributed by atoms with Crippen LogP contribution >= 0.6 is 0 Å². The predicted molar refractivity (Wildman–Crippen MR) is 75.2 cm³/mol. The van der Waals surface area contributed by atoms with Gasteiger partial charge >= 0.3 is 0 Å². The second kappa shape index (κ2) is 6.49. The first-order valence-electron chi connectivity index (χ1n) is 6.20. The molecule has 0 spiro atoms. The standard InChI is InChI=1S/C13H7F4N3O4S/c1-24-7-3-2-5(4-6(7)21)25(22,23)13-10(16)8(14)12(19-20-18)9(15)11(13)17/h2-4,21H,1H3.